The lowest BCUT2D eigenvalue weighted by Crippen LogP contribution is -2.30. The molecule has 212 valence electrons. The van der Waals surface area contributed by atoms with Gasteiger partial charge in [-0.3, -0.25) is 9.59 Å². The number of carbonyl (C=O) groups is 3. The van der Waals surface area contributed by atoms with E-state index >= 15 is 0 Å². The Morgan fingerprint density at radius 1 is 0.921 bits per heavy atom. The molecule has 0 aromatic heterocycles. The third-order valence-corrected chi connectivity index (χ3v) is 6.90. The minimum absolute atomic E-state index is 0.203. The lowest BCUT2D eigenvalue weighted by molar-refractivity contribution is -0.188. The highest BCUT2D eigenvalue weighted by molar-refractivity contribution is 5.88. The molecular weight excluding hydrogens is 476 g/mol. The largest absolute Gasteiger partial charge is 0.417 e. The Morgan fingerprint density at radius 2 is 1.58 bits per heavy atom. The molecule has 38 heavy (non-hydrogen) atoms. The number of rotatable bonds is 16. The molecule has 0 N–H and O–H groups in total. The molecule has 5 nitrogen and oxygen atoms in total. The van der Waals surface area contributed by atoms with Crippen LogP contribution in [-0.4, -0.2) is 24.0 Å². The highest BCUT2D eigenvalue weighted by Crippen LogP contribution is 2.40. The summed E-state index contributed by atoms with van der Waals surface area (Å²) in [7, 11) is 0. The van der Waals surface area contributed by atoms with Crippen LogP contribution in [-0.2, 0) is 23.9 Å². The van der Waals surface area contributed by atoms with Crippen molar-refractivity contribution in [1.82, 2.24) is 0 Å². The van der Waals surface area contributed by atoms with E-state index in [4.69, 9.17) is 9.47 Å². The van der Waals surface area contributed by atoms with Gasteiger partial charge in [0.1, 0.15) is 0 Å². The second kappa shape index (κ2) is 17.8. The van der Waals surface area contributed by atoms with Crippen LogP contribution in [0.1, 0.15) is 119 Å². The van der Waals surface area contributed by atoms with E-state index < -0.39 is 24.0 Å². The van der Waals surface area contributed by atoms with Gasteiger partial charge in [0, 0.05) is 19.4 Å². The topological polar surface area (TPSA) is 69.7 Å². The molecule has 0 aromatic rings. The predicted octanol–water partition coefficient (Wildman–Crippen LogP) is 8.66. The van der Waals surface area contributed by atoms with Crippen LogP contribution in [0.5, 0.6) is 0 Å². The summed E-state index contributed by atoms with van der Waals surface area (Å²) in [6.07, 6.45) is 21.1. The molecule has 1 aliphatic carbocycles. The number of unbranched alkanes of at least 4 members (excludes halogenated alkanes) is 6. The Hall–Kier alpha value is -2.69. The predicted molar refractivity (Wildman–Crippen MR) is 155 cm³/mol. The van der Waals surface area contributed by atoms with E-state index in [-0.39, 0.29) is 11.8 Å². The summed E-state index contributed by atoms with van der Waals surface area (Å²) in [6.45, 7) is 14.1. The number of hydrogen-bond acceptors (Lipinski definition) is 5. The molecule has 0 heterocycles. The van der Waals surface area contributed by atoms with Crippen molar-refractivity contribution in [2.75, 3.05) is 0 Å². The van der Waals surface area contributed by atoms with Gasteiger partial charge in [-0.25, -0.2) is 4.79 Å². The van der Waals surface area contributed by atoms with Crippen LogP contribution in [0.4, 0.5) is 0 Å². The molecule has 0 bridgehead atoms. The first kappa shape index (κ1) is 33.3. The highest BCUT2D eigenvalue weighted by atomic mass is 16.7. The molecule has 0 aliphatic heterocycles. The molecule has 0 fully saturated rings. The highest BCUT2D eigenvalue weighted by Gasteiger charge is 2.26. The van der Waals surface area contributed by atoms with Crippen LogP contribution in [0, 0.1) is 5.41 Å². The lowest BCUT2D eigenvalue weighted by Gasteiger charge is -2.32. The average Bonchev–Trinajstić information content (AvgIpc) is 2.82. The van der Waals surface area contributed by atoms with Gasteiger partial charge < -0.3 is 9.47 Å². The average molecular weight is 527 g/mol. The van der Waals surface area contributed by atoms with Crippen molar-refractivity contribution in [2.45, 2.75) is 125 Å². The Kier molecular flexibility index (Phi) is 15.6. The standard InChI is InChI=1S/C33H50O5/c1-8-9-10-11-12-13-14-20-30(35)37-32(28(5)34)38-31(36)24-26(3)18-15-17-25(2)21-22-29-27(4)19-16-23-33(29,6)7/h15,17-18,21-22,24,32H,8-14,16,19-20,23H2,1-7H3/b18-15+,22-21+,25-17-,26-24-. The zero-order valence-corrected chi connectivity index (χ0v) is 24.9. The van der Waals surface area contributed by atoms with Crippen LogP contribution in [0.3, 0.4) is 0 Å². The molecule has 0 aromatic carbocycles. The van der Waals surface area contributed by atoms with E-state index in [2.05, 4.69) is 39.8 Å². The minimum atomic E-state index is -1.51. The first-order chi connectivity index (χ1) is 18.0. The van der Waals surface area contributed by atoms with Gasteiger partial charge in [0.25, 0.3) is 0 Å². The summed E-state index contributed by atoms with van der Waals surface area (Å²) in [5.41, 5.74) is 4.84. The fraction of sp³-hybridized carbons (Fsp3) is 0.606. The number of esters is 2. The van der Waals surface area contributed by atoms with Crippen molar-refractivity contribution in [3.8, 4) is 0 Å². The number of hydrogen-bond donors (Lipinski definition) is 0. The van der Waals surface area contributed by atoms with Gasteiger partial charge in [-0.2, -0.15) is 0 Å². The third-order valence-electron chi connectivity index (χ3n) is 6.90. The Balaban J connectivity index is 2.57. The number of carbonyl (C=O) groups excluding carboxylic acids is 3. The van der Waals surface area contributed by atoms with E-state index in [1.165, 1.54) is 62.7 Å². The van der Waals surface area contributed by atoms with Crippen LogP contribution >= 0.6 is 0 Å². The second-order valence-electron chi connectivity index (χ2n) is 11.2. The van der Waals surface area contributed by atoms with Gasteiger partial charge in [0.2, 0.25) is 5.78 Å². The molecule has 1 rings (SSSR count). The van der Waals surface area contributed by atoms with E-state index in [1.54, 1.807) is 13.0 Å². The second-order valence-corrected chi connectivity index (χ2v) is 11.2. The SMILES string of the molecule is CCCCCCCCCC(=O)OC(OC(=O)\C=C(C)/C=C/C=C(C)\C=C\C1=C(C)CCCC1(C)C)C(C)=O. The number of ether oxygens (including phenoxy) is 2. The van der Waals surface area contributed by atoms with Gasteiger partial charge in [0.05, 0.1) is 0 Å². The molecule has 1 aliphatic rings. The lowest BCUT2D eigenvalue weighted by atomic mass is 9.72. The Bertz CT molecular complexity index is 942. The molecule has 1 atom stereocenters. The minimum Gasteiger partial charge on any atom is -0.417 e. The number of allylic oxidation sites excluding steroid dienone is 9. The number of Topliss-reactive ketones (excluding diaryl/α,β-unsaturated/α-hetero) is 1. The Labute approximate surface area is 231 Å². The van der Waals surface area contributed by atoms with E-state index in [9.17, 15) is 14.4 Å². The summed E-state index contributed by atoms with van der Waals surface area (Å²) in [5.74, 6) is -1.77. The zero-order chi connectivity index (χ0) is 28.6. The molecule has 0 amide bonds. The van der Waals surface area contributed by atoms with E-state index in [0.717, 1.165) is 24.8 Å². The summed E-state index contributed by atoms with van der Waals surface area (Å²) >= 11 is 0. The Morgan fingerprint density at radius 3 is 2.21 bits per heavy atom. The van der Waals surface area contributed by atoms with E-state index in [1.807, 2.05) is 19.1 Å². The van der Waals surface area contributed by atoms with Crippen LogP contribution < -0.4 is 0 Å². The zero-order valence-electron chi connectivity index (χ0n) is 24.9. The number of ketones is 1. The molecule has 1 unspecified atom stereocenters. The van der Waals surface area contributed by atoms with Gasteiger partial charge >= 0.3 is 18.2 Å². The third kappa shape index (κ3) is 13.7. The molecule has 0 spiro atoms. The summed E-state index contributed by atoms with van der Waals surface area (Å²) in [6, 6.07) is 0. The van der Waals surface area contributed by atoms with Crippen molar-refractivity contribution < 1.29 is 23.9 Å². The van der Waals surface area contributed by atoms with Gasteiger partial charge in [-0.15, -0.1) is 0 Å². The molecule has 0 radical (unpaired) electrons. The van der Waals surface area contributed by atoms with Crippen LogP contribution in [0.15, 0.2) is 58.7 Å². The quantitative estimate of drug-likeness (QED) is 0.0661. The van der Waals surface area contributed by atoms with Crippen molar-refractivity contribution in [3.63, 3.8) is 0 Å². The normalized spacial score (nSPS) is 17.2. The van der Waals surface area contributed by atoms with Gasteiger partial charge in [0.15, 0.2) is 0 Å². The molecule has 5 heteroatoms. The van der Waals surface area contributed by atoms with Crippen molar-refractivity contribution in [2.24, 2.45) is 5.41 Å². The summed E-state index contributed by atoms with van der Waals surface area (Å²) in [4.78, 5) is 36.3. The first-order valence-corrected chi connectivity index (χ1v) is 14.3. The maximum atomic E-state index is 12.3. The van der Waals surface area contributed by atoms with Crippen molar-refractivity contribution >= 4 is 17.7 Å². The van der Waals surface area contributed by atoms with Crippen LogP contribution in [0.25, 0.3) is 0 Å². The maximum absolute atomic E-state index is 12.3. The smallest absolute Gasteiger partial charge is 0.334 e. The van der Waals surface area contributed by atoms with Crippen molar-refractivity contribution in [3.05, 3.63) is 58.7 Å². The fourth-order valence-corrected chi connectivity index (χ4v) is 4.60. The fourth-order valence-electron chi connectivity index (χ4n) is 4.60. The van der Waals surface area contributed by atoms with Crippen LogP contribution in [0.2, 0.25) is 0 Å². The van der Waals surface area contributed by atoms with E-state index in [0.29, 0.717) is 12.0 Å². The summed E-state index contributed by atoms with van der Waals surface area (Å²) in [5, 5.41) is 0. The monoisotopic (exact) mass is 526 g/mol. The van der Waals surface area contributed by atoms with Crippen molar-refractivity contribution in [1.29, 1.82) is 0 Å². The van der Waals surface area contributed by atoms with Gasteiger partial charge in [-0.05, 0) is 63.0 Å². The summed E-state index contributed by atoms with van der Waals surface area (Å²) < 4.78 is 10.2. The molecular formula is C33H50O5. The first-order valence-electron chi connectivity index (χ1n) is 14.3. The molecule has 0 saturated heterocycles. The van der Waals surface area contributed by atoms with Gasteiger partial charge in [-0.1, -0.05) is 101 Å². The molecule has 0 saturated carbocycles. The maximum Gasteiger partial charge on any atom is 0.334 e.